The van der Waals surface area contributed by atoms with Crippen LogP contribution in [0.5, 0.6) is 0 Å². The summed E-state index contributed by atoms with van der Waals surface area (Å²) in [6, 6.07) is 0. The monoisotopic (exact) mass is 100 g/mol. The van der Waals surface area contributed by atoms with E-state index in [0.29, 0.717) is 12.6 Å². The molecule has 1 aliphatic rings. The van der Waals surface area contributed by atoms with Crippen LogP contribution in [0.15, 0.2) is 12.0 Å². The molecule has 0 atom stereocenters. The van der Waals surface area contributed by atoms with E-state index in [9.17, 15) is 0 Å². The molecule has 0 radical (unpaired) electrons. The van der Waals surface area contributed by atoms with Gasteiger partial charge < -0.3 is 10.5 Å². The summed E-state index contributed by atoms with van der Waals surface area (Å²) in [5.41, 5.74) is 5.23. The fourth-order valence-electron chi connectivity index (χ4n) is 0.425. The van der Waals surface area contributed by atoms with Gasteiger partial charge in [-0.3, -0.25) is 5.32 Å². The van der Waals surface area contributed by atoms with Gasteiger partial charge in [0.2, 0.25) is 0 Å². The van der Waals surface area contributed by atoms with Crippen LogP contribution in [0, 0.1) is 0 Å². The third kappa shape index (κ3) is 1.08. The van der Waals surface area contributed by atoms with Crippen molar-refractivity contribution in [2.24, 2.45) is 5.73 Å². The minimum Gasteiger partial charge on any atom is -0.464 e. The maximum absolute atomic E-state index is 5.23. The van der Waals surface area contributed by atoms with Crippen LogP contribution >= 0.6 is 0 Å². The first-order chi connectivity index (χ1) is 3.39. The first-order valence-electron chi connectivity index (χ1n) is 2.19. The van der Waals surface area contributed by atoms with E-state index in [1.165, 1.54) is 0 Å². The van der Waals surface area contributed by atoms with Crippen LogP contribution in [-0.2, 0) is 4.74 Å². The van der Waals surface area contributed by atoms with Gasteiger partial charge >= 0.3 is 0 Å². The van der Waals surface area contributed by atoms with Gasteiger partial charge in [0, 0.05) is 6.54 Å². The van der Waals surface area contributed by atoms with Crippen molar-refractivity contribution in [3.8, 4) is 0 Å². The number of rotatable bonds is 0. The number of nitrogens with one attached hydrogen (secondary N) is 1. The molecular weight excluding hydrogens is 92.1 g/mol. The molecule has 3 N–H and O–H groups in total. The van der Waals surface area contributed by atoms with E-state index in [1.54, 1.807) is 6.08 Å². The van der Waals surface area contributed by atoms with E-state index in [2.05, 4.69) is 5.32 Å². The zero-order chi connectivity index (χ0) is 5.11. The SMILES string of the molecule is NC1=CCNCO1. The molecule has 0 aromatic rings. The van der Waals surface area contributed by atoms with Crippen LogP contribution in [-0.4, -0.2) is 13.3 Å². The molecule has 0 saturated heterocycles. The Morgan fingerprint density at radius 3 is 3.00 bits per heavy atom. The molecule has 0 unspecified atom stereocenters. The molecule has 3 heteroatoms. The molecule has 0 saturated carbocycles. The molecule has 1 aliphatic heterocycles. The molecule has 0 spiro atoms. The topological polar surface area (TPSA) is 47.3 Å². The maximum Gasteiger partial charge on any atom is 0.182 e. The average molecular weight is 100 g/mol. The first kappa shape index (κ1) is 4.46. The van der Waals surface area contributed by atoms with Gasteiger partial charge in [-0.1, -0.05) is 0 Å². The van der Waals surface area contributed by atoms with Crippen molar-refractivity contribution < 1.29 is 4.74 Å². The van der Waals surface area contributed by atoms with E-state index in [-0.39, 0.29) is 0 Å². The molecule has 0 amide bonds. The largest absolute Gasteiger partial charge is 0.464 e. The van der Waals surface area contributed by atoms with Crippen LogP contribution in [0.3, 0.4) is 0 Å². The minimum atomic E-state index is 0.527. The second-order valence-electron chi connectivity index (χ2n) is 1.35. The van der Waals surface area contributed by atoms with Crippen LogP contribution in [0.4, 0.5) is 0 Å². The van der Waals surface area contributed by atoms with Crippen molar-refractivity contribution in [3.05, 3.63) is 12.0 Å². The number of hydrogen-bond acceptors (Lipinski definition) is 3. The summed E-state index contributed by atoms with van der Waals surface area (Å²) in [4.78, 5) is 0. The van der Waals surface area contributed by atoms with Crippen molar-refractivity contribution in [1.29, 1.82) is 0 Å². The Morgan fingerprint density at radius 1 is 1.86 bits per heavy atom. The predicted octanol–water partition coefficient (Wildman–Crippen LogP) is -0.636. The summed E-state index contributed by atoms with van der Waals surface area (Å²) in [6.45, 7) is 1.37. The Labute approximate surface area is 42.1 Å². The van der Waals surface area contributed by atoms with Gasteiger partial charge in [0.1, 0.15) is 6.73 Å². The molecule has 40 valence electrons. The van der Waals surface area contributed by atoms with Gasteiger partial charge in [-0.05, 0) is 6.08 Å². The zero-order valence-electron chi connectivity index (χ0n) is 3.98. The lowest BCUT2D eigenvalue weighted by molar-refractivity contribution is 0.174. The first-order valence-corrected chi connectivity index (χ1v) is 2.19. The van der Waals surface area contributed by atoms with Crippen LogP contribution < -0.4 is 11.1 Å². The highest BCUT2D eigenvalue weighted by Gasteiger charge is 1.93. The Morgan fingerprint density at radius 2 is 2.71 bits per heavy atom. The Kier molecular flexibility index (Phi) is 1.17. The fraction of sp³-hybridized carbons (Fsp3) is 0.500. The summed E-state index contributed by atoms with van der Waals surface area (Å²) in [5.74, 6) is 0.527. The van der Waals surface area contributed by atoms with Crippen molar-refractivity contribution >= 4 is 0 Å². The zero-order valence-corrected chi connectivity index (χ0v) is 3.98. The molecule has 3 nitrogen and oxygen atoms in total. The van der Waals surface area contributed by atoms with Gasteiger partial charge in [-0.25, -0.2) is 0 Å². The lowest BCUT2D eigenvalue weighted by atomic mass is 10.5. The number of nitrogens with two attached hydrogens (primary N) is 1. The second kappa shape index (κ2) is 1.84. The molecule has 1 heterocycles. The Bertz CT molecular complexity index is 89.7. The van der Waals surface area contributed by atoms with Crippen molar-refractivity contribution in [3.63, 3.8) is 0 Å². The van der Waals surface area contributed by atoms with E-state index in [0.717, 1.165) is 6.54 Å². The van der Waals surface area contributed by atoms with Gasteiger partial charge in [-0.15, -0.1) is 0 Å². The van der Waals surface area contributed by atoms with Gasteiger partial charge in [0.25, 0.3) is 0 Å². The second-order valence-corrected chi connectivity index (χ2v) is 1.35. The van der Waals surface area contributed by atoms with E-state index in [1.807, 2.05) is 0 Å². The van der Waals surface area contributed by atoms with Crippen LogP contribution in [0.2, 0.25) is 0 Å². The highest BCUT2D eigenvalue weighted by Crippen LogP contribution is 1.88. The normalized spacial score (nSPS) is 20.3. The molecule has 0 aromatic heterocycles. The van der Waals surface area contributed by atoms with E-state index < -0.39 is 0 Å². The minimum absolute atomic E-state index is 0.527. The fourth-order valence-corrected chi connectivity index (χ4v) is 0.425. The van der Waals surface area contributed by atoms with Gasteiger partial charge in [0.15, 0.2) is 5.88 Å². The number of hydrogen-bond donors (Lipinski definition) is 2. The molecule has 0 aromatic carbocycles. The maximum atomic E-state index is 5.23. The third-order valence-electron chi connectivity index (χ3n) is 0.788. The summed E-state index contributed by atoms with van der Waals surface area (Å²) >= 11 is 0. The standard InChI is InChI=1S/C4H8N2O/c5-4-1-2-6-3-7-4/h1,6H,2-3,5H2. The summed E-state index contributed by atoms with van der Waals surface area (Å²) in [6.07, 6.45) is 1.80. The van der Waals surface area contributed by atoms with E-state index >= 15 is 0 Å². The third-order valence-corrected chi connectivity index (χ3v) is 0.788. The predicted molar refractivity (Wildman–Crippen MR) is 26.2 cm³/mol. The molecule has 7 heavy (non-hydrogen) atoms. The van der Waals surface area contributed by atoms with Crippen molar-refractivity contribution in [2.45, 2.75) is 0 Å². The highest BCUT2D eigenvalue weighted by atomic mass is 16.5. The van der Waals surface area contributed by atoms with Crippen molar-refractivity contribution in [2.75, 3.05) is 13.3 Å². The molecular formula is C4H8N2O. The number of ether oxygens (including phenoxy) is 1. The Balaban J connectivity index is 2.40. The highest BCUT2D eigenvalue weighted by molar-refractivity contribution is 4.90. The summed E-state index contributed by atoms with van der Waals surface area (Å²) in [7, 11) is 0. The molecule has 0 aliphatic carbocycles. The van der Waals surface area contributed by atoms with Crippen molar-refractivity contribution in [1.82, 2.24) is 5.32 Å². The smallest absolute Gasteiger partial charge is 0.182 e. The summed E-state index contributed by atoms with van der Waals surface area (Å²) < 4.78 is 4.81. The molecule has 1 rings (SSSR count). The van der Waals surface area contributed by atoms with Crippen LogP contribution in [0.25, 0.3) is 0 Å². The average Bonchev–Trinajstić information content (AvgIpc) is 1.69. The molecule has 0 bridgehead atoms. The molecule has 0 fully saturated rings. The van der Waals surface area contributed by atoms with Gasteiger partial charge in [-0.2, -0.15) is 0 Å². The summed E-state index contributed by atoms with van der Waals surface area (Å²) in [5, 5.41) is 2.94. The quantitative estimate of drug-likeness (QED) is 0.426. The van der Waals surface area contributed by atoms with Crippen LogP contribution in [0.1, 0.15) is 0 Å². The lowest BCUT2D eigenvalue weighted by Gasteiger charge is -2.10. The Hall–Kier alpha value is -0.700. The lowest BCUT2D eigenvalue weighted by Crippen LogP contribution is -2.25. The van der Waals surface area contributed by atoms with Gasteiger partial charge in [0.05, 0.1) is 0 Å². The van der Waals surface area contributed by atoms with E-state index in [4.69, 9.17) is 10.5 Å².